The minimum atomic E-state index is -0.00356. The zero-order valence-corrected chi connectivity index (χ0v) is 13.8. The van der Waals surface area contributed by atoms with Gasteiger partial charge in [0.2, 0.25) is 5.91 Å². The molecule has 0 fully saturated rings. The quantitative estimate of drug-likeness (QED) is 0.707. The van der Waals surface area contributed by atoms with Gasteiger partial charge in [0, 0.05) is 6.92 Å². The number of amides is 1. The topological polar surface area (TPSA) is 20.3 Å². The first-order chi connectivity index (χ1) is 8.68. The Hall–Kier alpha value is -1.86. The standard InChI is InChI=1S/C15H14NOS.ClH.4FH/c1-12(17)16(11-13-7-3-2-4-8-13)14-9-5-6-10-15(14)18;;;;;/h2-10H,11H2,1H3;5*1H. The van der Waals surface area contributed by atoms with E-state index in [0.717, 1.165) is 11.3 Å². The molecule has 0 atom stereocenters. The second-order valence-corrected chi connectivity index (χ2v) is 4.50. The lowest BCUT2D eigenvalue weighted by Gasteiger charge is -2.22. The van der Waals surface area contributed by atoms with E-state index in [0.29, 0.717) is 11.4 Å². The average Bonchev–Trinajstić information content (AvgIpc) is 2.38. The van der Waals surface area contributed by atoms with Crippen LogP contribution >= 0.6 is 25.0 Å². The molecule has 2 aromatic rings. The van der Waals surface area contributed by atoms with E-state index >= 15 is 0 Å². The van der Waals surface area contributed by atoms with Crippen LogP contribution in [0, 0.1) is 0 Å². The van der Waals surface area contributed by atoms with Crippen LogP contribution in [0.3, 0.4) is 0 Å². The zero-order chi connectivity index (χ0) is 13.0. The van der Waals surface area contributed by atoms with Gasteiger partial charge in [0.05, 0.1) is 17.1 Å². The van der Waals surface area contributed by atoms with Crippen molar-refractivity contribution in [2.24, 2.45) is 0 Å². The Labute approximate surface area is 144 Å². The first kappa shape index (κ1) is 29.2. The number of halogens is 5. The predicted molar refractivity (Wildman–Crippen MR) is 92.9 cm³/mol. The SMILES string of the molecule is CC(=O)N(Cc1ccccc1)c1ccccc1[S].Cl.F.F.F.F. The molecule has 0 saturated carbocycles. The van der Waals surface area contributed by atoms with E-state index in [1.54, 1.807) is 11.8 Å². The van der Waals surface area contributed by atoms with Crippen LogP contribution in [0.4, 0.5) is 24.5 Å². The minimum absolute atomic E-state index is 0. The smallest absolute Gasteiger partial charge is 0.224 e. The van der Waals surface area contributed by atoms with Crippen molar-refractivity contribution < 1.29 is 23.6 Å². The van der Waals surface area contributed by atoms with Crippen molar-refractivity contribution in [1.29, 1.82) is 0 Å². The molecule has 0 heterocycles. The summed E-state index contributed by atoms with van der Waals surface area (Å²) in [5.74, 6) is -0.00356. The van der Waals surface area contributed by atoms with Crippen molar-refractivity contribution >= 4 is 36.6 Å². The molecule has 8 heteroatoms. The number of rotatable bonds is 3. The van der Waals surface area contributed by atoms with Gasteiger partial charge in [-0.15, -0.1) is 12.4 Å². The van der Waals surface area contributed by atoms with Crippen molar-refractivity contribution in [1.82, 2.24) is 0 Å². The van der Waals surface area contributed by atoms with Gasteiger partial charge in [-0.25, -0.2) is 0 Å². The summed E-state index contributed by atoms with van der Waals surface area (Å²) < 4.78 is 0. The first-order valence-electron chi connectivity index (χ1n) is 5.76. The molecule has 0 aromatic heterocycles. The van der Waals surface area contributed by atoms with Crippen LogP contribution in [0.25, 0.3) is 0 Å². The van der Waals surface area contributed by atoms with Gasteiger partial charge < -0.3 is 4.90 Å². The highest BCUT2D eigenvalue weighted by Gasteiger charge is 2.14. The average molecular weight is 373 g/mol. The largest absolute Gasteiger partial charge is 0.307 e. The van der Waals surface area contributed by atoms with Gasteiger partial charge >= 0.3 is 0 Å². The molecule has 2 nitrogen and oxygen atoms in total. The zero-order valence-electron chi connectivity index (χ0n) is 12.2. The van der Waals surface area contributed by atoms with Gasteiger partial charge in [-0.3, -0.25) is 23.6 Å². The van der Waals surface area contributed by atoms with Gasteiger partial charge in [-0.1, -0.05) is 55.1 Å². The molecule has 23 heavy (non-hydrogen) atoms. The maximum Gasteiger partial charge on any atom is 0.224 e. The molecular weight excluding hydrogens is 354 g/mol. The fourth-order valence-electron chi connectivity index (χ4n) is 1.81. The Balaban J connectivity index is -0.000000361. The maximum atomic E-state index is 11.8. The Morgan fingerprint density at radius 1 is 0.913 bits per heavy atom. The lowest BCUT2D eigenvalue weighted by molar-refractivity contribution is -0.116. The maximum absolute atomic E-state index is 11.8. The van der Waals surface area contributed by atoms with E-state index in [-0.39, 0.29) is 37.1 Å². The monoisotopic (exact) mass is 372 g/mol. The third kappa shape index (κ3) is 7.80. The summed E-state index contributed by atoms with van der Waals surface area (Å²) in [6.45, 7) is 2.11. The van der Waals surface area contributed by atoms with E-state index in [1.807, 2.05) is 54.6 Å². The van der Waals surface area contributed by atoms with Crippen LogP contribution in [-0.2, 0) is 11.3 Å². The summed E-state index contributed by atoms with van der Waals surface area (Å²) >= 11 is 5.27. The number of hydrogen-bond acceptors (Lipinski definition) is 1. The van der Waals surface area contributed by atoms with Gasteiger partial charge in [-0.05, 0) is 17.7 Å². The molecule has 2 rings (SSSR count). The molecule has 1 radical (unpaired) electrons. The van der Waals surface area contributed by atoms with Crippen LogP contribution in [0.15, 0.2) is 59.5 Å². The van der Waals surface area contributed by atoms with E-state index in [9.17, 15) is 4.79 Å². The molecule has 131 valence electrons. The molecule has 0 aliphatic rings. The van der Waals surface area contributed by atoms with Gasteiger partial charge in [-0.2, -0.15) is 0 Å². The van der Waals surface area contributed by atoms with Crippen LogP contribution in [0.2, 0.25) is 0 Å². The van der Waals surface area contributed by atoms with Crippen molar-refractivity contribution in [2.75, 3.05) is 4.90 Å². The Bertz CT molecular complexity index is 560. The third-order valence-electron chi connectivity index (χ3n) is 2.72. The summed E-state index contributed by atoms with van der Waals surface area (Å²) in [5, 5.41) is 0. The third-order valence-corrected chi connectivity index (χ3v) is 3.06. The van der Waals surface area contributed by atoms with E-state index in [2.05, 4.69) is 0 Å². The lowest BCUT2D eigenvalue weighted by Crippen LogP contribution is -2.28. The molecule has 0 aliphatic heterocycles. The normalized spacial score (nSPS) is 7.87. The van der Waals surface area contributed by atoms with Crippen LogP contribution in [0.1, 0.15) is 12.5 Å². The van der Waals surface area contributed by atoms with E-state index in [4.69, 9.17) is 12.6 Å². The highest BCUT2D eigenvalue weighted by atomic mass is 35.5. The number of hydrogen-bond donors (Lipinski definition) is 0. The second-order valence-electron chi connectivity index (χ2n) is 4.06. The Morgan fingerprint density at radius 2 is 1.39 bits per heavy atom. The lowest BCUT2D eigenvalue weighted by atomic mass is 10.2. The van der Waals surface area contributed by atoms with Crippen LogP contribution in [0.5, 0.6) is 0 Å². The number of nitrogens with zero attached hydrogens (tertiary/aromatic N) is 1. The fourth-order valence-corrected chi connectivity index (χ4v) is 2.07. The van der Waals surface area contributed by atoms with Crippen molar-refractivity contribution in [3.8, 4) is 0 Å². The number of carbonyl (C=O) groups excluding carboxylic acids is 1. The van der Waals surface area contributed by atoms with Gasteiger partial charge in [0.25, 0.3) is 0 Å². The summed E-state index contributed by atoms with van der Waals surface area (Å²) in [4.78, 5) is 14.2. The Morgan fingerprint density at radius 3 is 1.87 bits per heavy atom. The van der Waals surface area contributed by atoms with E-state index < -0.39 is 0 Å². The molecule has 0 aliphatic carbocycles. The number of carbonyl (C=O) groups is 1. The number of para-hydroxylation sites is 1. The van der Waals surface area contributed by atoms with Crippen molar-refractivity contribution in [2.45, 2.75) is 18.4 Å². The highest BCUT2D eigenvalue weighted by Crippen LogP contribution is 2.25. The summed E-state index contributed by atoms with van der Waals surface area (Å²) in [5.41, 5.74) is 1.88. The number of anilines is 1. The van der Waals surface area contributed by atoms with Crippen LogP contribution in [-0.4, -0.2) is 5.91 Å². The second kappa shape index (κ2) is 13.8. The van der Waals surface area contributed by atoms with Crippen molar-refractivity contribution in [3.63, 3.8) is 0 Å². The predicted octanol–water partition coefficient (Wildman–Crippen LogP) is 4.83. The molecule has 0 spiro atoms. The Kier molecular flexibility index (Phi) is 17.5. The first-order valence-corrected chi connectivity index (χ1v) is 6.17. The molecule has 1 amide bonds. The number of benzene rings is 2. The molecule has 0 unspecified atom stereocenters. The minimum Gasteiger partial charge on any atom is -0.307 e. The molecular formula is C15H19ClF4NOS. The summed E-state index contributed by atoms with van der Waals surface area (Å²) in [6, 6.07) is 17.4. The summed E-state index contributed by atoms with van der Waals surface area (Å²) in [7, 11) is 0. The summed E-state index contributed by atoms with van der Waals surface area (Å²) in [6.07, 6.45) is 0. The van der Waals surface area contributed by atoms with E-state index in [1.165, 1.54) is 0 Å². The molecule has 0 bridgehead atoms. The highest BCUT2D eigenvalue weighted by molar-refractivity contribution is 7.80. The molecule has 0 N–H and O–H groups in total. The van der Waals surface area contributed by atoms with Crippen molar-refractivity contribution in [3.05, 3.63) is 60.2 Å². The molecule has 0 saturated heterocycles. The van der Waals surface area contributed by atoms with Crippen LogP contribution < -0.4 is 4.90 Å². The van der Waals surface area contributed by atoms with Gasteiger partial charge in [0.1, 0.15) is 0 Å². The fraction of sp³-hybridized carbons (Fsp3) is 0.133. The van der Waals surface area contributed by atoms with Gasteiger partial charge in [0.15, 0.2) is 0 Å². The molecule has 2 aromatic carbocycles.